The second kappa shape index (κ2) is 8.88. The predicted molar refractivity (Wildman–Crippen MR) is 105 cm³/mol. The van der Waals surface area contributed by atoms with Crippen LogP contribution < -0.4 is 5.32 Å². The molecule has 3 aromatic rings. The standard InChI is InChI=1S/C20H27N3S/c1-2-3-4-5-6-9-14-23-19-13-8-7-12-18(19)22-20(23)21-16-17-11-10-15-24-17/h7-8,10-13,15H,2-6,9,14,16H2,1H3,(H,21,22). The highest BCUT2D eigenvalue weighted by Gasteiger charge is 2.10. The van der Waals surface area contributed by atoms with Crippen molar-refractivity contribution in [3.8, 4) is 0 Å². The molecule has 24 heavy (non-hydrogen) atoms. The minimum Gasteiger partial charge on any atom is -0.351 e. The van der Waals surface area contributed by atoms with Gasteiger partial charge in [-0.25, -0.2) is 4.98 Å². The lowest BCUT2D eigenvalue weighted by molar-refractivity contribution is 0.565. The lowest BCUT2D eigenvalue weighted by Crippen LogP contribution is -2.07. The Hall–Kier alpha value is -1.81. The molecule has 128 valence electrons. The molecule has 2 aromatic heterocycles. The molecule has 0 aliphatic carbocycles. The van der Waals surface area contributed by atoms with E-state index in [1.807, 2.05) is 0 Å². The summed E-state index contributed by atoms with van der Waals surface area (Å²) in [4.78, 5) is 6.14. The molecule has 1 N–H and O–H groups in total. The van der Waals surface area contributed by atoms with E-state index in [2.05, 4.69) is 58.6 Å². The summed E-state index contributed by atoms with van der Waals surface area (Å²) < 4.78 is 2.35. The van der Waals surface area contributed by atoms with E-state index in [9.17, 15) is 0 Å². The maximum Gasteiger partial charge on any atom is 0.204 e. The van der Waals surface area contributed by atoms with Gasteiger partial charge in [-0.1, -0.05) is 57.2 Å². The first kappa shape index (κ1) is 17.0. The number of hydrogen-bond acceptors (Lipinski definition) is 3. The molecule has 0 saturated heterocycles. The number of imidazole rings is 1. The van der Waals surface area contributed by atoms with Gasteiger partial charge in [0.15, 0.2) is 0 Å². The highest BCUT2D eigenvalue weighted by Crippen LogP contribution is 2.22. The summed E-state index contributed by atoms with van der Waals surface area (Å²) in [6.07, 6.45) is 7.91. The quantitative estimate of drug-likeness (QED) is 0.453. The first-order valence-electron chi connectivity index (χ1n) is 9.10. The van der Waals surface area contributed by atoms with Crippen LogP contribution in [0.5, 0.6) is 0 Å². The number of hydrogen-bond donors (Lipinski definition) is 1. The van der Waals surface area contributed by atoms with E-state index in [1.54, 1.807) is 11.3 Å². The Kier molecular flexibility index (Phi) is 6.30. The number of aryl methyl sites for hydroxylation is 1. The van der Waals surface area contributed by atoms with Crippen LogP contribution in [0.1, 0.15) is 50.3 Å². The van der Waals surface area contributed by atoms with Crippen LogP contribution in [0.15, 0.2) is 41.8 Å². The highest BCUT2D eigenvalue weighted by atomic mass is 32.1. The predicted octanol–water partition coefficient (Wildman–Crippen LogP) is 6.07. The van der Waals surface area contributed by atoms with Crippen molar-refractivity contribution in [3.63, 3.8) is 0 Å². The van der Waals surface area contributed by atoms with Crippen molar-refractivity contribution in [1.29, 1.82) is 0 Å². The number of unbranched alkanes of at least 4 members (excludes halogenated alkanes) is 5. The maximum atomic E-state index is 4.80. The van der Waals surface area contributed by atoms with Gasteiger partial charge in [-0.2, -0.15) is 0 Å². The Balaban J connectivity index is 1.65. The number of nitrogens with one attached hydrogen (secondary N) is 1. The Morgan fingerprint density at radius 3 is 2.67 bits per heavy atom. The largest absolute Gasteiger partial charge is 0.351 e. The lowest BCUT2D eigenvalue weighted by Gasteiger charge is -2.10. The van der Waals surface area contributed by atoms with E-state index >= 15 is 0 Å². The first-order chi connectivity index (χ1) is 11.9. The van der Waals surface area contributed by atoms with Crippen LogP contribution in [-0.2, 0) is 13.1 Å². The topological polar surface area (TPSA) is 29.9 Å². The molecule has 0 aliphatic rings. The molecule has 0 bridgehead atoms. The Morgan fingerprint density at radius 1 is 1.00 bits per heavy atom. The number of anilines is 1. The van der Waals surface area contributed by atoms with Crippen LogP contribution in [0.4, 0.5) is 5.95 Å². The molecule has 3 rings (SSSR count). The average molecular weight is 342 g/mol. The smallest absolute Gasteiger partial charge is 0.204 e. The number of thiophene rings is 1. The van der Waals surface area contributed by atoms with E-state index in [1.165, 1.54) is 48.9 Å². The summed E-state index contributed by atoms with van der Waals surface area (Å²) in [6, 6.07) is 12.7. The Labute approximate surface area is 148 Å². The third-order valence-electron chi connectivity index (χ3n) is 4.39. The van der Waals surface area contributed by atoms with Gasteiger partial charge in [-0.05, 0) is 30.0 Å². The highest BCUT2D eigenvalue weighted by molar-refractivity contribution is 7.09. The zero-order valence-corrected chi connectivity index (χ0v) is 15.3. The molecule has 3 nitrogen and oxygen atoms in total. The van der Waals surface area contributed by atoms with E-state index in [-0.39, 0.29) is 0 Å². The molecule has 0 spiro atoms. The van der Waals surface area contributed by atoms with Crippen molar-refractivity contribution >= 4 is 28.3 Å². The maximum absolute atomic E-state index is 4.80. The van der Waals surface area contributed by atoms with Crippen LogP contribution >= 0.6 is 11.3 Å². The van der Waals surface area contributed by atoms with E-state index < -0.39 is 0 Å². The number of fused-ring (bicyclic) bond motifs is 1. The van der Waals surface area contributed by atoms with Crippen LogP contribution in [0.25, 0.3) is 11.0 Å². The van der Waals surface area contributed by atoms with Crippen molar-refractivity contribution in [2.75, 3.05) is 5.32 Å². The molecule has 4 heteroatoms. The fourth-order valence-electron chi connectivity index (χ4n) is 3.07. The van der Waals surface area contributed by atoms with Gasteiger partial charge < -0.3 is 9.88 Å². The number of aromatic nitrogens is 2. The molecule has 0 aliphatic heterocycles. The van der Waals surface area contributed by atoms with Crippen molar-refractivity contribution in [1.82, 2.24) is 9.55 Å². The molecule has 0 unspecified atom stereocenters. The molecule has 0 amide bonds. The minimum atomic E-state index is 0.845. The SMILES string of the molecule is CCCCCCCCn1c(NCc2cccs2)nc2ccccc21. The summed E-state index contributed by atoms with van der Waals surface area (Å²) in [7, 11) is 0. The van der Waals surface area contributed by atoms with Crippen molar-refractivity contribution in [3.05, 3.63) is 46.7 Å². The normalized spacial score (nSPS) is 11.2. The van der Waals surface area contributed by atoms with Crippen molar-refractivity contribution in [2.45, 2.75) is 58.5 Å². The molecular formula is C20H27N3S. The first-order valence-corrected chi connectivity index (χ1v) is 9.98. The van der Waals surface area contributed by atoms with Gasteiger partial charge in [0.05, 0.1) is 17.6 Å². The van der Waals surface area contributed by atoms with Crippen LogP contribution in [0, 0.1) is 0 Å². The van der Waals surface area contributed by atoms with Crippen LogP contribution in [0.2, 0.25) is 0 Å². The van der Waals surface area contributed by atoms with Crippen LogP contribution in [-0.4, -0.2) is 9.55 Å². The van der Waals surface area contributed by atoms with Crippen molar-refractivity contribution < 1.29 is 0 Å². The molecule has 0 atom stereocenters. The second-order valence-corrected chi connectivity index (χ2v) is 7.31. The number of para-hydroxylation sites is 2. The number of rotatable bonds is 10. The average Bonchev–Trinajstić information content (AvgIpc) is 3.24. The molecule has 0 radical (unpaired) electrons. The second-order valence-electron chi connectivity index (χ2n) is 6.28. The summed E-state index contributed by atoms with van der Waals surface area (Å²) in [5.74, 6) is 0.998. The monoisotopic (exact) mass is 341 g/mol. The van der Waals surface area contributed by atoms with Gasteiger partial charge in [-0.15, -0.1) is 11.3 Å². The third-order valence-corrected chi connectivity index (χ3v) is 5.27. The lowest BCUT2D eigenvalue weighted by atomic mass is 10.1. The molecule has 0 fully saturated rings. The molecule has 2 heterocycles. The van der Waals surface area contributed by atoms with Gasteiger partial charge in [0, 0.05) is 11.4 Å². The van der Waals surface area contributed by atoms with E-state index in [0.29, 0.717) is 0 Å². The number of benzene rings is 1. The summed E-state index contributed by atoms with van der Waals surface area (Å²) >= 11 is 1.78. The van der Waals surface area contributed by atoms with Crippen molar-refractivity contribution in [2.24, 2.45) is 0 Å². The zero-order valence-electron chi connectivity index (χ0n) is 14.5. The Morgan fingerprint density at radius 2 is 1.83 bits per heavy atom. The zero-order chi connectivity index (χ0) is 16.6. The summed E-state index contributed by atoms with van der Waals surface area (Å²) in [5, 5.41) is 5.65. The molecule has 0 saturated carbocycles. The minimum absolute atomic E-state index is 0.845. The van der Waals surface area contributed by atoms with Gasteiger partial charge >= 0.3 is 0 Å². The fourth-order valence-corrected chi connectivity index (χ4v) is 3.71. The number of nitrogens with zero attached hydrogens (tertiary/aromatic N) is 2. The summed E-state index contributed by atoms with van der Waals surface area (Å²) in [5.41, 5.74) is 2.32. The van der Waals surface area contributed by atoms with Gasteiger partial charge in [0.25, 0.3) is 0 Å². The molecular weight excluding hydrogens is 314 g/mol. The van der Waals surface area contributed by atoms with E-state index in [0.717, 1.165) is 24.6 Å². The third kappa shape index (κ3) is 4.38. The van der Waals surface area contributed by atoms with Gasteiger partial charge in [0.2, 0.25) is 5.95 Å². The van der Waals surface area contributed by atoms with Crippen LogP contribution in [0.3, 0.4) is 0 Å². The van der Waals surface area contributed by atoms with Gasteiger partial charge in [-0.3, -0.25) is 0 Å². The van der Waals surface area contributed by atoms with E-state index in [4.69, 9.17) is 4.98 Å². The fraction of sp³-hybridized carbons (Fsp3) is 0.450. The molecule has 1 aromatic carbocycles. The summed E-state index contributed by atoms with van der Waals surface area (Å²) in [6.45, 7) is 4.15. The van der Waals surface area contributed by atoms with Gasteiger partial charge in [0.1, 0.15) is 0 Å². The Bertz CT molecular complexity index is 731.